The van der Waals surface area contributed by atoms with Gasteiger partial charge in [-0.2, -0.15) is 0 Å². The summed E-state index contributed by atoms with van der Waals surface area (Å²) in [5.41, 5.74) is 1.08. The SMILES string of the molecule is COc1ccc(CCC(=O)N2CCN(C(=O)C3CC3C(=O)O)CC2)cc1. The lowest BCUT2D eigenvalue weighted by molar-refractivity contribution is -0.143. The molecule has 1 aromatic rings. The minimum atomic E-state index is -0.893. The number of carboxylic acid groups (broad SMARTS) is 1. The lowest BCUT2D eigenvalue weighted by Crippen LogP contribution is -2.51. The Hall–Kier alpha value is -2.57. The second-order valence-electron chi connectivity index (χ2n) is 6.84. The van der Waals surface area contributed by atoms with Crippen LogP contribution in [-0.2, 0) is 20.8 Å². The summed E-state index contributed by atoms with van der Waals surface area (Å²) >= 11 is 0. The highest BCUT2D eigenvalue weighted by atomic mass is 16.5. The molecule has 140 valence electrons. The van der Waals surface area contributed by atoms with Crippen LogP contribution in [0.25, 0.3) is 0 Å². The molecule has 2 amide bonds. The number of ether oxygens (including phenoxy) is 1. The Morgan fingerprint density at radius 2 is 1.65 bits per heavy atom. The number of carboxylic acids is 1. The fraction of sp³-hybridized carbons (Fsp3) is 0.526. The Kier molecular flexibility index (Phi) is 5.44. The van der Waals surface area contributed by atoms with E-state index in [4.69, 9.17) is 9.84 Å². The van der Waals surface area contributed by atoms with Crippen LogP contribution in [0, 0.1) is 11.8 Å². The number of benzene rings is 1. The lowest BCUT2D eigenvalue weighted by atomic mass is 10.1. The molecule has 0 spiro atoms. The third kappa shape index (κ3) is 4.15. The van der Waals surface area contributed by atoms with Crippen molar-refractivity contribution in [3.8, 4) is 5.75 Å². The van der Waals surface area contributed by atoms with Crippen molar-refractivity contribution in [3.63, 3.8) is 0 Å². The molecule has 3 rings (SSSR count). The van der Waals surface area contributed by atoms with E-state index in [1.807, 2.05) is 24.3 Å². The summed E-state index contributed by atoms with van der Waals surface area (Å²) in [6.07, 6.45) is 1.55. The van der Waals surface area contributed by atoms with Crippen molar-refractivity contribution < 1.29 is 24.2 Å². The first-order chi connectivity index (χ1) is 12.5. The Bertz CT molecular complexity index is 680. The molecule has 7 heteroatoms. The topological polar surface area (TPSA) is 87.2 Å². The van der Waals surface area contributed by atoms with Crippen LogP contribution in [0.1, 0.15) is 18.4 Å². The summed E-state index contributed by atoms with van der Waals surface area (Å²) in [5, 5.41) is 8.94. The van der Waals surface area contributed by atoms with Gasteiger partial charge in [0.2, 0.25) is 11.8 Å². The summed E-state index contributed by atoms with van der Waals surface area (Å²) in [5.74, 6) is -0.987. The van der Waals surface area contributed by atoms with Gasteiger partial charge in [0.25, 0.3) is 0 Å². The maximum atomic E-state index is 12.4. The van der Waals surface area contributed by atoms with Crippen molar-refractivity contribution in [2.24, 2.45) is 11.8 Å². The molecular weight excluding hydrogens is 336 g/mol. The van der Waals surface area contributed by atoms with Gasteiger partial charge in [-0.05, 0) is 30.5 Å². The van der Waals surface area contributed by atoms with Crippen molar-refractivity contribution in [2.45, 2.75) is 19.3 Å². The molecule has 7 nitrogen and oxygen atoms in total. The van der Waals surface area contributed by atoms with E-state index in [-0.39, 0.29) is 17.7 Å². The van der Waals surface area contributed by atoms with Crippen molar-refractivity contribution in [2.75, 3.05) is 33.3 Å². The van der Waals surface area contributed by atoms with E-state index in [0.29, 0.717) is 45.4 Å². The zero-order valence-corrected chi connectivity index (χ0v) is 14.9. The molecule has 1 aliphatic carbocycles. The molecule has 0 aromatic heterocycles. The first-order valence-corrected chi connectivity index (χ1v) is 8.92. The molecule has 1 saturated heterocycles. The van der Waals surface area contributed by atoms with E-state index in [1.54, 1.807) is 16.9 Å². The number of rotatable bonds is 6. The highest BCUT2D eigenvalue weighted by molar-refractivity contribution is 5.89. The third-order valence-electron chi connectivity index (χ3n) is 5.16. The molecule has 2 unspecified atom stereocenters. The maximum Gasteiger partial charge on any atom is 0.307 e. The largest absolute Gasteiger partial charge is 0.497 e. The fourth-order valence-electron chi connectivity index (χ4n) is 3.35. The summed E-state index contributed by atoms with van der Waals surface area (Å²) in [6, 6.07) is 7.67. The van der Waals surface area contributed by atoms with E-state index < -0.39 is 11.9 Å². The predicted molar refractivity (Wildman–Crippen MR) is 93.7 cm³/mol. The molecule has 1 aromatic carbocycles. The van der Waals surface area contributed by atoms with Crippen LogP contribution >= 0.6 is 0 Å². The van der Waals surface area contributed by atoms with E-state index in [1.165, 1.54) is 0 Å². The van der Waals surface area contributed by atoms with E-state index >= 15 is 0 Å². The number of nitrogens with zero attached hydrogens (tertiary/aromatic N) is 2. The maximum absolute atomic E-state index is 12.4. The summed E-state index contributed by atoms with van der Waals surface area (Å²) < 4.78 is 5.12. The number of methoxy groups -OCH3 is 1. The normalized spacial score (nSPS) is 22.0. The Labute approximate surface area is 152 Å². The first kappa shape index (κ1) is 18.2. The van der Waals surface area contributed by atoms with Gasteiger partial charge in [-0.15, -0.1) is 0 Å². The minimum Gasteiger partial charge on any atom is -0.497 e. The van der Waals surface area contributed by atoms with E-state index in [9.17, 15) is 14.4 Å². The van der Waals surface area contributed by atoms with Gasteiger partial charge in [0.15, 0.2) is 0 Å². The van der Waals surface area contributed by atoms with Crippen LogP contribution in [0.15, 0.2) is 24.3 Å². The third-order valence-corrected chi connectivity index (χ3v) is 5.16. The van der Waals surface area contributed by atoms with Crippen LogP contribution in [0.4, 0.5) is 0 Å². The summed E-state index contributed by atoms with van der Waals surface area (Å²) in [6.45, 7) is 1.99. The molecular formula is C19H24N2O5. The number of aryl methyl sites for hydroxylation is 1. The van der Waals surface area contributed by atoms with Gasteiger partial charge < -0.3 is 19.6 Å². The van der Waals surface area contributed by atoms with Gasteiger partial charge in [-0.25, -0.2) is 0 Å². The molecule has 2 fully saturated rings. The molecule has 26 heavy (non-hydrogen) atoms. The van der Waals surface area contributed by atoms with Gasteiger partial charge in [-0.3, -0.25) is 14.4 Å². The van der Waals surface area contributed by atoms with Crippen LogP contribution in [-0.4, -0.2) is 66.0 Å². The second-order valence-corrected chi connectivity index (χ2v) is 6.84. The highest BCUT2D eigenvalue weighted by Crippen LogP contribution is 2.40. The summed E-state index contributed by atoms with van der Waals surface area (Å²) in [4.78, 5) is 39.0. The zero-order chi connectivity index (χ0) is 18.7. The quantitative estimate of drug-likeness (QED) is 0.818. The van der Waals surface area contributed by atoms with Crippen molar-refractivity contribution >= 4 is 17.8 Å². The molecule has 1 heterocycles. The molecule has 0 bridgehead atoms. The van der Waals surface area contributed by atoms with Gasteiger partial charge in [0, 0.05) is 32.6 Å². The number of piperazine rings is 1. The minimum absolute atomic E-state index is 0.0808. The average Bonchev–Trinajstić information content (AvgIpc) is 3.47. The number of amides is 2. The average molecular weight is 360 g/mol. The van der Waals surface area contributed by atoms with Crippen LogP contribution in [0.5, 0.6) is 5.75 Å². The van der Waals surface area contributed by atoms with Gasteiger partial charge in [-0.1, -0.05) is 12.1 Å². The smallest absolute Gasteiger partial charge is 0.307 e. The number of hydrogen-bond acceptors (Lipinski definition) is 4. The Morgan fingerprint density at radius 3 is 2.19 bits per heavy atom. The van der Waals surface area contributed by atoms with Gasteiger partial charge in [0.05, 0.1) is 18.9 Å². The molecule has 1 N–H and O–H groups in total. The predicted octanol–water partition coefficient (Wildman–Crippen LogP) is 1.02. The fourth-order valence-corrected chi connectivity index (χ4v) is 3.35. The standard InChI is InChI=1S/C19H24N2O5/c1-26-14-5-2-13(3-6-14)4-7-17(22)20-8-10-21(11-9-20)18(23)15-12-16(15)19(24)25/h2-3,5-6,15-16H,4,7-12H2,1H3,(H,24,25). The zero-order valence-electron chi connectivity index (χ0n) is 14.9. The summed E-state index contributed by atoms with van der Waals surface area (Å²) in [7, 11) is 1.62. The molecule has 1 saturated carbocycles. The van der Waals surface area contributed by atoms with Crippen molar-refractivity contribution in [1.82, 2.24) is 9.80 Å². The van der Waals surface area contributed by atoms with Crippen molar-refractivity contribution in [1.29, 1.82) is 0 Å². The molecule has 0 radical (unpaired) electrons. The first-order valence-electron chi connectivity index (χ1n) is 8.92. The monoisotopic (exact) mass is 360 g/mol. The van der Waals surface area contributed by atoms with Crippen LogP contribution in [0.2, 0.25) is 0 Å². The van der Waals surface area contributed by atoms with Crippen LogP contribution < -0.4 is 4.74 Å². The van der Waals surface area contributed by atoms with E-state index in [0.717, 1.165) is 11.3 Å². The Balaban J connectivity index is 1.42. The van der Waals surface area contributed by atoms with Gasteiger partial charge >= 0.3 is 5.97 Å². The van der Waals surface area contributed by atoms with E-state index in [2.05, 4.69) is 0 Å². The molecule has 2 aliphatic rings. The second kappa shape index (κ2) is 7.76. The highest BCUT2D eigenvalue weighted by Gasteiger charge is 2.50. The molecule has 2 atom stereocenters. The number of aliphatic carboxylic acids is 1. The Morgan fingerprint density at radius 1 is 1.04 bits per heavy atom. The van der Waals surface area contributed by atoms with Crippen molar-refractivity contribution in [3.05, 3.63) is 29.8 Å². The number of carbonyl (C=O) groups excluding carboxylic acids is 2. The molecule has 1 aliphatic heterocycles. The van der Waals surface area contributed by atoms with Crippen LogP contribution in [0.3, 0.4) is 0 Å². The number of carbonyl (C=O) groups is 3. The lowest BCUT2D eigenvalue weighted by Gasteiger charge is -2.35. The number of hydrogen-bond donors (Lipinski definition) is 1. The van der Waals surface area contributed by atoms with Gasteiger partial charge in [0.1, 0.15) is 5.75 Å².